The van der Waals surface area contributed by atoms with Crippen molar-refractivity contribution in [3.8, 4) is 5.75 Å². The third-order valence-electron chi connectivity index (χ3n) is 3.19. The van der Waals surface area contributed by atoms with E-state index in [0.29, 0.717) is 13.0 Å². The van der Waals surface area contributed by atoms with Crippen LogP contribution in [0.15, 0.2) is 36.4 Å². The lowest BCUT2D eigenvalue weighted by Gasteiger charge is -2.16. The van der Waals surface area contributed by atoms with Crippen LogP contribution in [-0.2, 0) is 16.1 Å². The average molecular weight is 277 g/mol. The smallest absolute Gasteiger partial charge is 0.223 e. The Hall–Kier alpha value is -1.85. The van der Waals surface area contributed by atoms with E-state index in [0.717, 1.165) is 11.3 Å². The van der Waals surface area contributed by atoms with E-state index >= 15 is 0 Å². The van der Waals surface area contributed by atoms with E-state index in [2.05, 4.69) is 5.32 Å². The Morgan fingerprint density at radius 1 is 1.40 bits per heavy atom. The molecule has 0 spiro atoms. The van der Waals surface area contributed by atoms with Crippen molar-refractivity contribution >= 4 is 5.91 Å². The first kappa shape index (κ1) is 14.6. The molecule has 0 bridgehead atoms. The zero-order valence-electron chi connectivity index (χ0n) is 11.4. The quantitative estimate of drug-likeness (QED) is 0.762. The van der Waals surface area contributed by atoms with E-state index in [4.69, 9.17) is 14.6 Å². The molecule has 2 rings (SSSR count). The summed E-state index contributed by atoms with van der Waals surface area (Å²) in [7, 11) is 1.62. The molecule has 5 nitrogen and oxygen atoms in total. The van der Waals surface area contributed by atoms with E-state index in [-0.39, 0.29) is 24.7 Å². The molecule has 108 valence electrons. The first-order valence-corrected chi connectivity index (χ1v) is 6.54. The van der Waals surface area contributed by atoms with Gasteiger partial charge in [-0.25, -0.2) is 0 Å². The predicted molar refractivity (Wildman–Crippen MR) is 74.3 cm³/mol. The Morgan fingerprint density at radius 2 is 2.15 bits per heavy atom. The number of hydrogen-bond donors (Lipinski definition) is 2. The van der Waals surface area contributed by atoms with Gasteiger partial charge in [-0.05, 0) is 17.7 Å². The Labute approximate surface area is 118 Å². The lowest BCUT2D eigenvalue weighted by Crippen LogP contribution is -2.31. The number of carbonyl (C=O) groups is 1. The fourth-order valence-electron chi connectivity index (χ4n) is 2.11. The van der Waals surface area contributed by atoms with Crippen LogP contribution in [0.25, 0.3) is 0 Å². The Morgan fingerprint density at radius 3 is 2.80 bits per heavy atom. The molecule has 0 unspecified atom stereocenters. The Balaban J connectivity index is 1.90. The zero-order chi connectivity index (χ0) is 14.4. The second-order valence-electron chi connectivity index (χ2n) is 4.61. The summed E-state index contributed by atoms with van der Waals surface area (Å²) in [6.07, 6.45) is 3.52. The van der Waals surface area contributed by atoms with Crippen LogP contribution in [0.5, 0.6) is 5.75 Å². The first-order chi connectivity index (χ1) is 9.72. The molecule has 0 saturated carbocycles. The highest BCUT2D eigenvalue weighted by Gasteiger charge is 2.31. The molecule has 1 heterocycles. The van der Waals surface area contributed by atoms with Crippen molar-refractivity contribution < 1.29 is 19.4 Å². The Bertz CT molecular complexity index is 469. The van der Waals surface area contributed by atoms with Gasteiger partial charge in [-0.15, -0.1) is 0 Å². The van der Waals surface area contributed by atoms with E-state index in [1.807, 2.05) is 24.3 Å². The van der Waals surface area contributed by atoms with Gasteiger partial charge in [0, 0.05) is 0 Å². The van der Waals surface area contributed by atoms with Crippen LogP contribution >= 0.6 is 0 Å². The normalized spacial score (nSPS) is 22.2. The minimum absolute atomic E-state index is 0.0303. The monoisotopic (exact) mass is 277 g/mol. The number of hydrogen-bond acceptors (Lipinski definition) is 4. The molecule has 1 aliphatic heterocycles. The maximum Gasteiger partial charge on any atom is 0.223 e. The minimum atomic E-state index is -0.201. The molecule has 1 fully saturated rings. The molecular formula is C15H19NO4. The molecule has 0 aromatic heterocycles. The van der Waals surface area contributed by atoms with Crippen molar-refractivity contribution in [3.05, 3.63) is 42.0 Å². The molecule has 0 aliphatic carbocycles. The van der Waals surface area contributed by atoms with Gasteiger partial charge in [0.15, 0.2) is 0 Å². The fraction of sp³-hybridized carbons (Fsp3) is 0.400. The van der Waals surface area contributed by atoms with Gasteiger partial charge < -0.3 is 19.9 Å². The average Bonchev–Trinajstić information content (AvgIpc) is 2.83. The second-order valence-corrected chi connectivity index (χ2v) is 4.61. The number of methoxy groups -OCH3 is 1. The van der Waals surface area contributed by atoms with Gasteiger partial charge in [-0.3, -0.25) is 4.79 Å². The zero-order valence-corrected chi connectivity index (χ0v) is 11.4. The minimum Gasteiger partial charge on any atom is -0.497 e. The molecule has 1 aromatic rings. The van der Waals surface area contributed by atoms with E-state index in [9.17, 15) is 4.79 Å². The van der Waals surface area contributed by atoms with E-state index < -0.39 is 0 Å². The molecule has 5 heteroatoms. The summed E-state index contributed by atoms with van der Waals surface area (Å²) in [6.45, 7) is 0.394. The van der Waals surface area contributed by atoms with Gasteiger partial charge in [0.25, 0.3) is 0 Å². The van der Waals surface area contributed by atoms with Crippen LogP contribution in [-0.4, -0.2) is 36.9 Å². The lowest BCUT2D eigenvalue weighted by molar-refractivity contribution is -0.119. The molecule has 1 saturated heterocycles. The molecule has 1 amide bonds. The number of aliphatic hydroxyl groups excluding tert-OH is 1. The van der Waals surface area contributed by atoms with Crippen molar-refractivity contribution in [2.75, 3.05) is 13.7 Å². The van der Waals surface area contributed by atoms with Gasteiger partial charge in [-0.1, -0.05) is 24.3 Å². The number of aliphatic hydroxyl groups is 1. The van der Waals surface area contributed by atoms with Crippen LogP contribution in [0, 0.1) is 0 Å². The molecule has 20 heavy (non-hydrogen) atoms. The van der Waals surface area contributed by atoms with Crippen molar-refractivity contribution in [1.82, 2.24) is 5.32 Å². The van der Waals surface area contributed by atoms with Gasteiger partial charge >= 0.3 is 0 Å². The SMILES string of the molecule is COc1ccc(CO[C@H]2CC(=O)N[C@H]2/C=C\CO)cc1. The van der Waals surface area contributed by atoms with Crippen LogP contribution < -0.4 is 10.1 Å². The van der Waals surface area contributed by atoms with Gasteiger partial charge in [-0.2, -0.15) is 0 Å². The van der Waals surface area contributed by atoms with Crippen LogP contribution in [0.1, 0.15) is 12.0 Å². The summed E-state index contributed by atoms with van der Waals surface area (Å²) in [5, 5.41) is 11.6. The van der Waals surface area contributed by atoms with Crippen molar-refractivity contribution in [2.45, 2.75) is 25.2 Å². The summed E-state index contributed by atoms with van der Waals surface area (Å²) in [5.74, 6) is 0.771. The molecule has 2 atom stereocenters. The van der Waals surface area contributed by atoms with Crippen LogP contribution in [0.3, 0.4) is 0 Å². The lowest BCUT2D eigenvalue weighted by atomic mass is 10.1. The van der Waals surface area contributed by atoms with E-state index in [1.165, 1.54) is 0 Å². The first-order valence-electron chi connectivity index (χ1n) is 6.54. The standard InChI is InChI=1S/C15H19NO4/c1-19-12-6-4-11(5-7-12)10-20-14-9-15(18)16-13(14)3-2-8-17/h2-7,13-14,17H,8-10H2,1H3,(H,16,18)/b3-2-/t13-,14-/m0/s1. The van der Waals surface area contributed by atoms with Crippen LogP contribution in [0.2, 0.25) is 0 Å². The van der Waals surface area contributed by atoms with Gasteiger partial charge in [0.2, 0.25) is 5.91 Å². The fourth-order valence-corrected chi connectivity index (χ4v) is 2.11. The van der Waals surface area contributed by atoms with Crippen molar-refractivity contribution in [3.63, 3.8) is 0 Å². The maximum absolute atomic E-state index is 11.4. The summed E-state index contributed by atoms with van der Waals surface area (Å²) >= 11 is 0. The molecule has 1 aliphatic rings. The van der Waals surface area contributed by atoms with Gasteiger partial charge in [0.1, 0.15) is 5.75 Å². The summed E-state index contributed by atoms with van der Waals surface area (Å²) in [4.78, 5) is 11.4. The van der Waals surface area contributed by atoms with Crippen molar-refractivity contribution in [1.29, 1.82) is 0 Å². The third-order valence-corrected chi connectivity index (χ3v) is 3.19. The molecule has 2 N–H and O–H groups in total. The summed E-state index contributed by atoms with van der Waals surface area (Å²) in [5.41, 5.74) is 1.02. The maximum atomic E-state index is 11.4. The number of nitrogens with one attached hydrogen (secondary N) is 1. The molecule has 1 aromatic carbocycles. The second kappa shape index (κ2) is 7.07. The Kier molecular flexibility index (Phi) is 5.15. The highest BCUT2D eigenvalue weighted by atomic mass is 16.5. The summed E-state index contributed by atoms with van der Waals surface area (Å²) < 4.78 is 10.9. The highest BCUT2D eigenvalue weighted by Crippen LogP contribution is 2.17. The number of rotatable bonds is 6. The number of amides is 1. The molecule has 0 radical (unpaired) electrons. The number of benzene rings is 1. The third kappa shape index (κ3) is 3.82. The number of ether oxygens (including phenoxy) is 2. The number of carbonyl (C=O) groups excluding carboxylic acids is 1. The van der Waals surface area contributed by atoms with E-state index in [1.54, 1.807) is 19.3 Å². The predicted octanol–water partition coefficient (Wildman–Crippen LogP) is 1.02. The van der Waals surface area contributed by atoms with Crippen LogP contribution in [0.4, 0.5) is 0 Å². The molecular weight excluding hydrogens is 258 g/mol. The van der Waals surface area contributed by atoms with Crippen molar-refractivity contribution in [2.24, 2.45) is 0 Å². The largest absolute Gasteiger partial charge is 0.497 e. The summed E-state index contributed by atoms with van der Waals surface area (Å²) in [6, 6.07) is 7.44. The van der Waals surface area contributed by atoms with Gasteiger partial charge in [0.05, 0.1) is 38.9 Å². The topological polar surface area (TPSA) is 67.8 Å². The highest BCUT2D eigenvalue weighted by molar-refractivity contribution is 5.80.